The lowest BCUT2D eigenvalue weighted by Gasteiger charge is -2.39. The Morgan fingerprint density at radius 2 is 1.61 bits per heavy atom. The van der Waals surface area contributed by atoms with Crippen molar-refractivity contribution in [3.63, 3.8) is 0 Å². The van der Waals surface area contributed by atoms with Gasteiger partial charge in [-0.3, -0.25) is 14.4 Å². The molecule has 0 aromatic heterocycles. The van der Waals surface area contributed by atoms with Crippen LogP contribution in [0.15, 0.2) is 54.6 Å². The summed E-state index contributed by atoms with van der Waals surface area (Å²) in [5, 5.41) is 42.3. The Hall–Kier alpha value is -4.09. The van der Waals surface area contributed by atoms with Gasteiger partial charge in [0.1, 0.15) is 35.6 Å². The third-order valence-corrected chi connectivity index (χ3v) is 7.36. The second kappa shape index (κ2) is 11.4. The molecule has 3 aromatic carbocycles. The molecule has 1 aliphatic carbocycles. The number of aliphatic hydroxyl groups excluding tert-OH is 3. The zero-order valence-electron chi connectivity index (χ0n) is 22.4. The van der Waals surface area contributed by atoms with Gasteiger partial charge in [0, 0.05) is 29.2 Å². The molecule has 0 radical (unpaired) electrons. The summed E-state index contributed by atoms with van der Waals surface area (Å²) in [4.78, 5) is 38.6. The zero-order chi connectivity index (χ0) is 29.4. The molecule has 0 spiro atoms. The summed E-state index contributed by atoms with van der Waals surface area (Å²) >= 11 is 0. The highest BCUT2D eigenvalue weighted by Gasteiger charge is 2.44. The lowest BCUT2D eigenvalue weighted by Crippen LogP contribution is -2.58. The lowest BCUT2D eigenvalue weighted by molar-refractivity contribution is -0.268. The molecule has 1 fully saturated rings. The maximum atomic E-state index is 13.6. The molecular formula is C31H30O10. The van der Waals surface area contributed by atoms with Gasteiger partial charge in [0.25, 0.3) is 0 Å². The predicted molar refractivity (Wildman–Crippen MR) is 144 cm³/mol. The number of carbonyl (C=O) groups is 3. The van der Waals surface area contributed by atoms with E-state index in [4.69, 9.17) is 14.2 Å². The third-order valence-electron chi connectivity index (χ3n) is 7.36. The smallest absolute Gasteiger partial charge is 0.308 e. The van der Waals surface area contributed by atoms with Gasteiger partial charge in [-0.25, -0.2) is 0 Å². The third kappa shape index (κ3) is 5.47. The van der Waals surface area contributed by atoms with E-state index in [0.717, 1.165) is 5.56 Å². The number of fused-ring (bicyclic) bond motifs is 2. The largest absolute Gasteiger partial charge is 0.507 e. The van der Waals surface area contributed by atoms with Crippen LogP contribution in [0.2, 0.25) is 0 Å². The monoisotopic (exact) mass is 562 g/mol. The number of phenolic OH excluding ortho intramolecular Hbond substituents is 1. The van der Waals surface area contributed by atoms with Gasteiger partial charge in [0.05, 0.1) is 11.7 Å². The normalized spacial score (nSPS) is 23.5. The minimum atomic E-state index is -1.64. The van der Waals surface area contributed by atoms with Crippen molar-refractivity contribution in [3.8, 4) is 17.2 Å². The number of ether oxygens (including phenoxy) is 3. The number of ketones is 2. The number of aryl methyl sites for hydroxylation is 1. The molecule has 1 saturated heterocycles. The first-order valence-corrected chi connectivity index (χ1v) is 13.3. The van der Waals surface area contributed by atoms with Crippen LogP contribution in [-0.2, 0) is 22.4 Å². The number of hydrogen-bond acceptors (Lipinski definition) is 10. The van der Waals surface area contributed by atoms with Crippen molar-refractivity contribution < 1.29 is 49.0 Å². The fourth-order valence-electron chi connectivity index (χ4n) is 5.21. The fraction of sp³-hybridized carbons (Fsp3) is 0.323. The van der Waals surface area contributed by atoms with Gasteiger partial charge in [-0.15, -0.1) is 0 Å². The van der Waals surface area contributed by atoms with Gasteiger partial charge < -0.3 is 34.6 Å². The number of aliphatic hydroxyl groups is 3. The number of aromatic hydroxyl groups is 1. The molecule has 0 bridgehead atoms. The van der Waals surface area contributed by atoms with Crippen molar-refractivity contribution in [3.05, 3.63) is 88.0 Å². The van der Waals surface area contributed by atoms with Crippen molar-refractivity contribution >= 4 is 17.5 Å². The average molecular weight is 563 g/mol. The van der Waals surface area contributed by atoms with Crippen LogP contribution in [0.3, 0.4) is 0 Å². The second-order valence-electron chi connectivity index (χ2n) is 10.2. The highest BCUT2D eigenvalue weighted by atomic mass is 16.7. The number of phenols is 1. The van der Waals surface area contributed by atoms with E-state index >= 15 is 0 Å². The molecule has 10 nitrogen and oxygen atoms in total. The molecule has 0 amide bonds. The van der Waals surface area contributed by atoms with Crippen LogP contribution in [0.1, 0.15) is 63.2 Å². The van der Waals surface area contributed by atoms with Crippen LogP contribution in [0.25, 0.3) is 0 Å². The quantitative estimate of drug-likeness (QED) is 0.195. The van der Waals surface area contributed by atoms with Gasteiger partial charge in [0.15, 0.2) is 11.6 Å². The Morgan fingerprint density at radius 1 is 0.878 bits per heavy atom. The predicted octanol–water partition coefficient (Wildman–Crippen LogP) is 2.47. The number of rotatable bonds is 7. The van der Waals surface area contributed by atoms with Gasteiger partial charge in [-0.2, -0.15) is 0 Å². The maximum Gasteiger partial charge on any atom is 0.308 e. The molecule has 5 rings (SSSR count). The van der Waals surface area contributed by atoms with E-state index in [0.29, 0.717) is 12.8 Å². The van der Waals surface area contributed by atoms with E-state index in [2.05, 4.69) is 0 Å². The molecule has 2 aliphatic rings. The van der Waals surface area contributed by atoms with E-state index in [-0.39, 0.29) is 45.7 Å². The Morgan fingerprint density at radius 3 is 2.32 bits per heavy atom. The van der Waals surface area contributed by atoms with E-state index in [1.165, 1.54) is 38.1 Å². The summed E-state index contributed by atoms with van der Waals surface area (Å²) < 4.78 is 16.6. The molecule has 41 heavy (non-hydrogen) atoms. The summed E-state index contributed by atoms with van der Waals surface area (Å²) in [6.45, 7) is 2.71. The molecule has 1 aliphatic heterocycles. The molecular weight excluding hydrogens is 532 g/mol. The van der Waals surface area contributed by atoms with Crippen molar-refractivity contribution in [2.24, 2.45) is 0 Å². The summed E-state index contributed by atoms with van der Waals surface area (Å²) in [5.74, 6) is -2.15. The topological polar surface area (TPSA) is 160 Å². The summed E-state index contributed by atoms with van der Waals surface area (Å²) in [5.41, 5.74) is 1.01. The highest BCUT2D eigenvalue weighted by molar-refractivity contribution is 6.29. The van der Waals surface area contributed by atoms with Crippen LogP contribution < -0.4 is 9.47 Å². The van der Waals surface area contributed by atoms with Crippen LogP contribution >= 0.6 is 0 Å². The van der Waals surface area contributed by atoms with Gasteiger partial charge >= 0.3 is 5.97 Å². The first-order valence-electron chi connectivity index (χ1n) is 13.3. The minimum Gasteiger partial charge on any atom is -0.507 e. The molecule has 1 heterocycles. The van der Waals surface area contributed by atoms with Crippen LogP contribution in [0.5, 0.6) is 17.2 Å². The average Bonchev–Trinajstić information content (AvgIpc) is 2.95. The molecule has 10 heteroatoms. The minimum absolute atomic E-state index is 0.00968. The van der Waals surface area contributed by atoms with Gasteiger partial charge in [-0.1, -0.05) is 30.3 Å². The van der Waals surface area contributed by atoms with E-state index in [1.807, 2.05) is 30.3 Å². The SMILES string of the molecule is CC(=O)Oc1ccc2c(c1)C(=O)c1cc(O[C@H]3O[C@H](C)[C@@H](O)[C@@H](O)[C@H]3O)c(CCCc3ccccc3)c(O)c1C2=O. The summed E-state index contributed by atoms with van der Waals surface area (Å²) in [7, 11) is 0. The molecule has 5 atom stereocenters. The summed E-state index contributed by atoms with van der Waals surface area (Å²) in [6.07, 6.45) is -5.45. The van der Waals surface area contributed by atoms with Crippen LogP contribution in [0.4, 0.5) is 0 Å². The number of esters is 1. The number of benzene rings is 3. The maximum absolute atomic E-state index is 13.6. The Bertz CT molecular complexity index is 1500. The fourth-order valence-corrected chi connectivity index (χ4v) is 5.21. The number of hydrogen-bond donors (Lipinski definition) is 4. The van der Waals surface area contributed by atoms with Crippen molar-refractivity contribution in [2.75, 3.05) is 0 Å². The van der Waals surface area contributed by atoms with Crippen molar-refractivity contribution in [1.82, 2.24) is 0 Å². The Balaban J connectivity index is 1.55. The Kier molecular flexibility index (Phi) is 7.92. The lowest BCUT2D eigenvalue weighted by atomic mass is 9.81. The second-order valence-corrected chi connectivity index (χ2v) is 10.2. The zero-order valence-corrected chi connectivity index (χ0v) is 22.4. The van der Waals surface area contributed by atoms with Crippen molar-refractivity contribution in [1.29, 1.82) is 0 Å². The first-order chi connectivity index (χ1) is 19.6. The first kappa shape index (κ1) is 28.4. The molecule has 4 N–H and O–H groups in total. The van der Waals surface area contributed by atoms with E-state index in [1.54, 1.807) is 0 Å². The van der Waals surface area contributed by atoms with E-state index < -0.39 is 54.0 Å². The Labute approximate surface area is 235 Å². The standard InChI is InChI=1S/C31H30O10/c1-15-25(33)29(37)30(38)31(39-15)41-23-14-22-24(28(36)20(23)10-6-9-17-7-4-3-5-8-17)27(35)19-12-11-18(40-16(2)32)13-21(19)26(22)34/h3-5,7-8,11-15,25,29-31,33,36-38H,6,9-10H2,1-2H3/t15-,25-,29-,30-,31-/m1/s1. The van der Waals surface area contributed by atoms with E-state index in [9.17, 15) is 34.8 Å². The molecule has 0 saturated carbocycles. The molecule has 214 valence electrons. The van der Waals surface area contributed by atoms with Crippen molar-refractivity contribution in [2.45, 2.75) is 63.8 Å². The van der Waals surface area contributed by atoms with Crippen LogP contribution in [-0.4, -0.2) is 68.7 Å². The van der Waals surface area contributed by atoms with Gasteiger partial charge in [-0.05, 0) is 56.0 Å². The summed E-state index contributed by atoms with van der Waals surface area (Å²) in [6, 6.07) is 15.0. The number of carbonyl (C=O) groups excluding carboxylic acids is 3. The molecule has 3 aromatic rings. The highest BCUT2D eigenvalue weighted by Crippen LogP contribution is 2.42. The van der Waals surface area contributed by atoms with Crippen LogP contribution in [0, 0.1) is 0 Å². The van der Waals surface area contributed by atoms with Gasteiger partial charge in [0.2, 0.25) is 6.29 Å². The molecule has 0 unspecified atom stereocenters.